The van der Waals surface area contributed by atoms with E-state index in [0.717, 1.165) is 0 Å². The van der Waals surface area contributed by atoms with Crippen molar-refractivity contribution in [3.63, 3.8) is 0 Å². The van der Waals surface area contributed by atoms with Crippen LogP contribution in [0.3, 0.4) is 0 Å². The van der Waals surface area contributed by atoms with Crippen LogP contribution in [0.5, 0.6) is 0 Å². The number of allylic oxidation sites excluding steroid dienone is 4. The number of hydrogen-bond acceptors (Lipinski definition) is 0. The Morgan fingerprint density at radius 3 is 0.750 bits per heavy atom. The third-order valence-electron chi connectivity index (χ3n) is 10.6. The summed E-state index contributed by atoms with van der Waals surface area (Å²) in [6, 6.07) is 23.3. The Morgan fingerprint density at radius 1 is 0.396 bits per heavy atom. The molecule has 3 aromatic carbocycles. The summed E-state index contributed by atoms with van der Waals surface area (Å²) in [6.07, 6.45) is 4.86. The molecule has 1 aliphatic carbocycles. The Balaban J connectivity index is 0.00000384. The van der Waals surface area contributed by atoms with Gasteiger partial charge >= 0.3 is 291 Å². The monoisotopic (exact) mass is 756 g/mol. The number of hydrogen-bond donors (Lipinski definition) is 0. The second kappa shape index (κ2) is 17.4. The van der Waals surface area contributed by atoms with Crippen LogP contribution in [0.25, 0.3) is 0 Å². The van der Waals surface area contributed by atoms with Crippen LogP contribution in [0.4, 0.5) is 0 Å². The molecule has 5 heteroatoms. The first-order valence-corrected chi connectivity index (χ1v) is 20.3. The third-order valence-corrected chi connectivity index (χ3v) is 18.9. The number of rotatable bonds is 10. The van der Waals surface area contributed by atoms with E-state index in [4.69, 9.17) is 0 Å². The molecule has 0 atom stereocenters. The van der Waals surface area contributed by atoms with Gasteiger partial charge in [0.2, 0.25) is 0 Å². The minimum absolute atomic E-state index is 0. The summed E-state index contributed by atoms with van der Waals surface area (Å²) in [5, 5.41) is 4.69. The Bertz CT molecular complexity index is 1360. The molecule has 0 bridgehead atoms. The second-order valence-corrected chi connectivity index (χ2v) is 21.7. The molecule has 0 heterocycles. The maximum absolute atomic E-state index is 2.84. The molecule has 0 N–H and O–H groups in total. The maximum Gasteiger partial charge on any atom is -1.00 e. The van der Waals surface area contributed by atoms with E-state index in [9.17, 15) is 0 Å². The summed E-state index contributed by atoms with van der Waals surface area (Å²) in [7, 11) is -2.84. The fraction of sp³-hybridized carbons (Fsp3) is 0.488. The zero-order valence-electron chi connectivity index (χ0n) is 31.9. The first kappa shape index (κ1) is 45.0. The molecule has 0 amide bonds. The van der Waals surface area contributed by atoms with E-state index in [1.165, 1.54) is 44.5 Å². The van der Waals surface area contributed by atoms with Crippen LogP contribution >= 0.6 is 0 Å². The Hall–Kier alpha value is -1.06. The molecule has 0 nitrogen and oxygen atoms in total. The van der Waals surface area contributed by atoms with Crippen molar-refractivity contribution in [3.8, 4) is 0 Å². The van der Waals surface area contributed by atoms with E-state index in [2.05, 4.69) is 184 Å². The van der Waals surface area contributed by atoms with Gasteiger partial charge < -0.3 is 37.2 Å². The van der Waals surface area contributed by atoms with Crippen molar-refractivity contribution in [2.24, 2.45) is 0 Å². The fourth-order valence-corrected chi connectivity index (χ4v) is 15.5. The van der Waals surface area contributed by atoms with Gasteiger partial charge in [0.05, 0.1) is 0 Å². The Morgan fingerprint density at radius 2 is 0.583 bits per heavy atom. The van der Waals surface area contributed by atoms with Crippen molar-refractivity contribution < 1.29 is 57.7 Å². The Labute approximate surface area is 326 Å². The van der Waals surface area contributed by atoms with Gasteiger partial charge in [-0.2, -0.15) is 0 Å². The van der Waals surface area contributed by atoms with Crippen LogP contribution in [0, 0.1) is 0 Å². The van der Waals surface area contributed by atoms with Gasteiger partial charge in [-0.3, -0.25) is 0 Å². The molecule has 0 spiro atoms. The van der Waals surface area contributed by atoms with Crippen LogP contribution in [-0.2, 0) is 20.4 Å². The van der Waals surface area contributed by atoms with Gasteiger partial charge in [0, 0.05) is 0 Å². The minimum atomic E-state index is -2.84. The van der Waals surface area contributed by atoms with E-state index in [0.29, 0.717) is 35.5 Å². The van der Waals surface area contributed by atoms with E-state index < -0.39 is 8.07 Å². The van der Waals surface area contributed by atoms with Crippen LogP contribution in [0.15, 0.2) is 77.9 Å². The SMILES string of the molecule is CC1=CC=C(C)[C]1([Ti+3])[Si](c1cc(C(C)C)cc(C(C)C)c1)(c1cc(C(C)C)cc(C(C)C)c1)c1cc(C(C)C)cc(C(C)C)c1.[Cl-].[Cl-].[Cl-]. The summed E-state index contributed by atoms with van der Waals surface area (Å²) in [5.41, 5.74) is 11.8. The van der Waals surface area contributed by atoms with Crippen molar-refractivity contribution >= 4 is 23.6 Å². The van der Waals surface area contributed by atoms with Gasteiger partial charge in [0.15, 0.2) is 0 Å². The van der Waals surface area contributed by atoms with E-state index in [1.54, 1.807) is 15.6 Å². The van der Waals surface area contributed by atoms with Crippen molar-refractivity contribution in [1.29, 1.82) is 0 Å². The molecule has 0 radical (unpaired) electrons. The minimum Gasteiger partial charge on any atom is -1.00 e. The molecule has 48 heavy (non-hydrogen) atoms. The molecule has 4 rings (SSSR count). The van der Waals surface area contributed by atoms with Gasteiger partial charge in [-0.05, 0) is 0 Å². The van der Waals surface area contributed by atoms with Crippen molar-refractivity contribution in [2.75, 3.05) is 0 Å². The van der Waals surface area contributed by atoms with Gasteiger partial charge in [-0.1, -0.05) is 0 Å². The summed E-state index contributed by atoms with van der Waals surface area (Å²) < 4.78 is -0.120. The van der Waals surface area contributed by atoms with E-state index >= 15 is 0 Å². The molecule has 0 aromatic heterocycles. The third kappa shape index (κ3) is 8.19. The van der Waals surface area contributed by atoms with Gasteiger partial charge in [0.1, 0.15) is 0 Å². The Kier molecular flexibility index (Phi) is 16.3. The molecule has 0 saturated heterocycles. The van der Waals surface area contributed by atoms with Crippen molar-refractivity contribution in [3.05, 3.63) is 111 Å². The quantitative estimate of drug-likeness (QED) is 0.220. The molecular weight excluding hydrogens is 699 g/mol. The molecule has 3 aromatic rings. The smallest absolute Gasteiger partial charge is 1.00 e. The molecule has 0 unspecified atom stereocenters. The first-order chi connectivity index (χ1) is 20.9. The van der Waals surface area contributed by atoms with Crippen LogP contribution < -0.4 is 52.8 Å². The van der Waals surface area contributed by atoms with Crippen LogP contribution in [-0.4, -0.2) is 8.07 Å². The van der Waals surface area contributed by atoms with Crippen molar-refractivity contribution in [2.45, 2.75) is 136 Å². The summed E-state index contributed by atoms with van der Waals surface area (Å²) in [6.45, 7) is 33.2. The van der Waals surface area contributed by atoms with Crippen LogP contribution in [0.2, 0.25) is 3.34 Å². The first-order valence-electron chi connectivity index (χ1n) is 17.5. The van der Waals surface area contributed by atoms with E-state index in [1.807, 2.05) is 0 Å². The van der Waals surface area contributed by atoms with Gasteiger partial charge in [0.25, 0.3) is 0 Å². The molecule has 0 aliphatic heterocycles. The van der Waals surface area contributed by atoms with Gasteiger partial charge in [-0.25, -0.2) is 0 Å². The average molecular weight is 758 g/mol. The average Bonchev–Trinajstić information content (AvgIpc) is 3.24. The summed E-state index contributed by atoms with van der Waals surface area (Å²) in [4.78, 5) is 0. The molecular formula is C43H59Cl3SiTi. The maximum atomic E-state index is 2.64. The topological polar surface area (TPSA) is 0 Å². The van der Waals surface area contributed by atoms with Crippen molar-refractivity contribution in [1.82, 2.24) is 0 Å². The standard InChI is InChI=1S/C43H59Si.3ClH.Ti/c1-26(2)34-17-35(27(3)4)21-40(20-34)44(43-32(13)15-16-33(43)14,41-22-36(28(5)6)18-37(23-41)29(7)8)42-24-38(30(9)10)19-39(25-42)31(11)12;;;;/h15-31H,1-14H3;3*1H;/q;;;;+3/p-3. The predicted molar refractivity (Wildman–Crippen MR) is 199 cm³/mol. The largest absolute Gasteiger partial charge is 1.00 e. The molecule has 260 valence electrons. The van der Waals surface area contributed by atoms with E-state index in [-0.39, 0.29) is 40.6 Å². The zero-order chi connectivity index (χ0) is 33.6. The molecule has 0 saturated carbocycles. The predicted octanol–water partition coefficient (Wildman–Crippen LogP) is 2.06. The summed E-state index contributed by atoms with van der Waals surface area (Å²) >= 11 is 2.61. The molecule has 1 aliphatic rings. The zero-order valence-corrected chi connectivity index (χ0v) is 36.8. The summed E-state index contributed by atoms with van der Waals surface area (Å²) in [5.74, 6) is 2.75. The van der Waals surface area contributed by atoms with Crippen LogP contribution in [0.1, 0.15) is 166 Å². The molecule has 0 fully saturated rings. The normalized spacial score (nSPS) is 14.4. The second-order valence-electron chi connectivity index (χ2n) is 15.8. The van der Waals surface area contributed by atoms with Gasteiger partial charge in [-0.15, -0.1) is 0 Å². The number of halogens is 3. The number of benzene rings is 3. The fourth-order valence-electron chi connectivity index (χ4n) is 7.23.